The fraction of sp³-hybridized carbons (Fsp3) is 0.750. The molecular weight excluding hydrogens is 142 g/mol. The molecule has 3 nitrogen and oxygen atoms in total. The van der Waals surface area contributed by atoms with Gasteiger partial charge in [0.25, 0.3) is 0 Å². The highest BCUT2D eigenvalue weighted by atomic mass is 16.5. The lowest BCUT2D eigenvalue weighted by Crippen LogP contribution is -1.99. The maximum atomic E-state index is 10.6. The van der Waals surface area contributed by atoms with Crippen LogP contribution in [0.25, 0.3) is 4.85 Å². The van der Waals surface area contributed by atoms with E-state index >= 15 is 0 Å². The van der Waals surface area contributed by atoms with Crippen molar-refractivity contribution in [3.05, 3.63) is 11.4 Å². The summed E-state index contributed by atoms with van der Waals surface area (Å²) in [5, 5.41) is 0. The second kappa shape index (κ2) is 7.07. The van der Waals surface area contributed by atoms with Gasteiger partial charge in [0, 0.05) is 12.8 Å². The second-order valence-corrected chi connectivity index (χ2v) is 2.27. The van der Waals surface area contributed by atoms with Crippen LogP contribution in [0.3, 0.4) is 0 Å². The van der Waals surface area contributed by atoms with Gasteiger partial charge >= 0.3 is 5.97 Å². The molecule has 0 bridgehead atoms. The highest BCUT2D eigenvalue weighted by Crippen LogP contribution is 2.00. The molecule has 0 spiro atoms. The Morgan fingerprint density at radius 3 is 2.73 bits per heavy atom. The third-order valence-electron chi connectivity index (χ3n) is 1.38. The molecule has 0 aromatic rings. The summed E-state index contributed by atoms with van der Waals surface area (Å²) in [7, 11) is 1.39. The number of esters is 1. The molecule has 0 saturated heterocycles. The van der Waals surface area contributed by atoms with Crippen LogP contribution >= 0.6 is 0 Å². The Morgan fingerprint density at radius 2 is 2.18 bits per heavy atom. The van der Waals surface area contributed by atoms with E-state index < -0.39 is 0 Å². The second-order valence-electron chi connectivity index (χ2n) is 2.27. The third kappa shape index (κ3) is 6.85. The van der Waals surface area contributed by atoms with Crippen molar-refractivity contribution in [1.29, 1.82) is 0 Å². The minimum Gasteiger partial charge on any atom is -0.469 e. The molecule has 0 amide bonds. The molecule has 0 unspecified atom stereocenters. The molecule has 0 aromatic carbocycles. The molecule has 3 heteroatoms. The van der Waals surface area contributed by atoms with Crippen molar-refractivity contribution in [3.8, 4) is 0 Å². The maximum Gasteiger partial charge on any atom is 0.305 e. The first-order valence-corrected chi connectivity index (χ1v) is 3.71. The standard InChI is InChI=1S/C8H13NO2/c1-9-7-5-3-4-6-8(10)11-2/h3-7H2,2H3. The Morgan fingerprint density at radius 1 is 1.45 bits per heavy atom. The topological polar surface area (TPSA) is 30.7 Å². The van der Waals surface area contributed by atoms with Gasteiger partial charge in [0.05, 0.1) is 7.11 Å². The van der Waals surface area contributed by atoms with E-state index in [1.54, 1.807) is 0 Å². The van der Waals surface area contributed by atoms with E-state index in [-0.39, 0.29) is 5.97 Å². The number of carbonyl (C=O) groups is 1. The van der Waals surface area contributed by atoms with Gasteiger partial charge in [-0.25, -0.2) is 6.57 Å². The van der Waals surface area contributed by atoms with Crippen LogP contribution in [0.15, 0.2) is 0 Å². The first kappa shape index (κ1) is 9.96. The molecule has 0 radical (unpaired) electrons. The van der Waals surface area contributed by atoms with Crippen molar-refractivity contribution in [1.82, 2.24) is 0 Å². The van der Waals surface area contributed by atoms with Crippen LogP contribution in [0.5, 0.6) is 0 Å². The van der Waals surface area contributed by atoms with Crippen LogP contribution in [0.4, 0.5) is 0 Å². The van der Waals surface area contributed by atoms with Crippen molar-refractivity contribution in [3.63, 3.8) is 0 Å². The fourth-order valence-electron chi connectivity index (χ4n) is 0.739. The van der Waals surface area contributed by atoms with Crippen molar-refractivity contribution >= 4 is 5.97 Å². The molecule has 0 aliphatic rings. The van der Waals surface area contributed by atoms with E-state index in [4.69, 9.17) is 6.57 Å². The number of methoxy groups -OCH3 is 1. The van der Waals surface area contributed by atoms with Crippen LogP contribution in [0.1, 0.15) is 25.7 Å². The highest BCUT2D eigenvalue weighted by Gasteiger charge is 1.98. The number of nitrogens with zero attached hydrogens (tertiary/aromatic N) is 1. The lowest BCUT2D eigenvalue weighted by Gasteiger charge is -1.96. The fourth-order valence-corrected chi connectivity index (χ4v) is 0.739. The number of ether oxygens (including phenoxy) is 1. The zero-order valence-electron chi connectivity index (χ0n) is 6.80. The summed E-state index contributed by atoms with van der Waals surface area (Å²) in [4.78, 5) is 13.8. The average molecular weight is 155 g/mol. The summed E-state index contributed by atoms with van der Waals surface area (Å²) in [5.74, 6) is -0.159. The lowest BCUT2D eigenvalue weighted by atomic mass is 10.2. The molecule has 0 saturated carbocycles. The third-order valence-corrected chi connectivity index (χ3v) is 1.38. The number of carbonyl (C=O) groups excluding carboxylic acids is 1. The quantitative estimate of drug-likeness (QED) is 0.343. The van der Waals surface area contributed by atoms with Gasteiger partial charge in [0.2, 0.25) is 6.54 Å². The average Bonchev–Trinajstić information content (AvgIpc) is 2.04. The molecule has 0 heterocycles. The Balaban J connectivity index is 3.03. The molecule has 0 rings (SSSR count). The van der Waals surface area contributed by atoms with Gasteiger partial charge in [0.15, 0.2) is 0 Å². The summed E-state index contributed by atoms with van der Waals surface area (Å²) in [5.41, 5.74) is 0. The van der Waals surface area contributed by atoms with Crippen molar-refractivity contribution < 1.29 is 9.53 Å². The van der Waals surface area contributed by atoms with E-state index in [0.29, 0.717) is 13.0 Å². The smallest absolute Gasteiger partial charge is 0.305 e. The van der Waals surface area contributed by atoms with Crippen molar-refractivity contribution in [2.75, 3.05) is 13.7 Å². The number of unbranched alkanes of at least 4 members (excludes halogenated alkanes) is 2. The van der Waals surface area contributed by atoms with E-state index in [1.807, 2.05) is 0 Å². The van der Waals surface area contributed by atoms with E-state index in [9.17, 15) is 4.79 Å². The molecule has 11 heavy (non-hydrogen) atoms. The Bertz CT molecular complexity index is 149. The maximum absolute atomic E-state index is 10.6. The summed E-state index contributed by atoms with van der Waals surface area (Å²) in [6.07, 6.45) is 3.15. The summed E-state index contributed by atoms with van der Waals surface area (Å²) < 4.78 is 4.46. The van der Waals surface area contributed by atoms with Crippen LogP contribution in [-0.4, -0.2) is 19.6 Å². The number of hydrogen-bond donors (Lipinski definition) is 0. The van der Waals surface area contributed by atoms with E-state index in [0.717, 1.165) is 19.3 Å². The van der Waals surface area contributed by atoms with Crippen molar-refractivity contribution in [2.24, 2.45) is 0 Å². The summed E-state index contributed by atoms with van der Waals surface area (Å²) in [6.45, 7) is 7.06. The minimum absolute atomic E-state index is 0.159. The Hall–Kier alpha value is -1.04. The molecular formula is C8H13NO2. The molecule has 62 valence electrons. The highest BCUT2D eigenvalue weighted by molar-refractivity contribution is 5.68. The van der Waals surface area contributed by atoms with Crippen LogP contribution < -0.4 is 0 Å². The van der Waals surface area contributed by atoms with Crippen LogP contribution in [-0.2, 0) is 9.53 Å². The largest absolute Gasteiger partial charge is 0.469 e. The first-order chi connectivity index (χ1) is 5.31. The zero-order valence-corrected chi connectivity index (χ0v) is 6.80. The predicted molar refractivity (Wildman–Crippen MR) is 42.0 cm³/mol. The van der Waals surface area contributed by atoms with Gasteiger partial charge in [0.1, 0.15) is 0 Å². The Kier molecular flexibility index (Phi) is 6.40. The van der Waals surface area contributed by atoms with E-state index in [2.05, 4.69) is 9.58 Å². The van der Waals surface area contributed by atoms with Crippen molar-refractivity contribution in [2.45, 2.75) is 25.7 Å². The molecule has 0 aliphatic heterocycles. The monoisotopic (exact) mass is 155 g/mol. The van der Waals surface area contributed by atoms with Gasteiger partial charge in [-0.1, -0.05) is 0 Å². The number of hydrogen-bond acceptors (Lipinski definition) is 2. The predicted octanol–water partition coefficient (Wildman–Crippen LogP) is 1.64. The van der Waals surface area contributed by atoms with Gasteiger partial charge in [-0.2, -0.15) is 0 Å². The van der Waals surface area contributed by atoms with E-state index in [1.165, 1.54) is 7.11 Å². The number of rotatable bonds is 5. The van der Waals surface area contributed by atoms with Crippen LogP contribution in [0.2, 0.25) is 0 Å². The van der Waals surface area contributed by atoms with Gasteiger partial charge < -0.3 is 9.58 Å². The van der Waals surface area contributed by atoms with Gasteiger partial charge in [-0.05, 0) is 12.8 Å². The molecule has 0 atom stereocenters. The molecule has 0 aliphatic carbocycles. The lowest BCUT2D eigenvalue weighted by molar-refractivity contribution is -0.140. The normalized spacial score (nSPS) is 8.73. The zero-order chi connectivity index (χ0) is 8.53. The molecule has 0 fully saturated rings. The Labute approximate surface area is 67.2 Å². The van der Waals surface area contributed by atoms with Gasteiger partial charge in [-0.15, -0.1) is 0 Å². The minimum atomic E-state index is -0.159. The summed E-state index contributed by atoms with van der Waals surface area (Å²) >= 11 is 0. The van der Waals surface area contributed by atoms with Gasteiger partial charge in [-0.3, -0.25) is 4.79 Å². The molecule has 0 aromatic heterocycles. The first-order valence-electron chi connectivity index (χ1n) is 3.71. The SMILES string of the molecule is [C-]#[N+]CCCCCC(=O)OC. The molecule has 0 N–H and O–H groups in total. The summed E-state index contributed by atoms with van der Waals surface area (Å²) in [6, 6.07) is 0. The van der Waals surface area contributed by atoms with Crippen LogP contribution in [0, 0.1) is 6.57 Å².